The van der Waals surface area contributed by atoms with E-state index in [4.69, 9.17) is 25.8 Å². The summed E-state index contributed by atoms with van der Waals surface area (Å²) < 4.78 is 28.5. The molecule has 2 aromatic rings. The van der Waals surface area contributed by atoms with Crippen LogP contribution < -0.4 is 25.1 Å². The molecule has 0 aliphatic heterocycles. The Hall–Kier alpha value is -3.00. The van der Waals surface area contributed by atoms with Crippen LogP contribution in [-0.4, -0.2) is 32.1 Å². The van der Waals surface area contributed by atoms with E-state index in [9.17, 15) is 14.0 Å². The minimum atomic E-state index is -0.926. The van der Waals surface area contributed by atoms with Gasteiger partial charge in [-0.1, -0.05) is 11.6 Å². The van der Waals surface area contributed by atoms with E-state index in [0.29, 0.717) is 11.5 Å². The van der Waals surface area contributed by atoms with Crippen LogP contribution in [0.1, 0.15) is 17.3 Å². The van der Waals surface area contributed by atoms with Crippen molar-refractivity contribution in [3.63, 3.8) is 0 Å². The Morgan fingerprint density at radius 1 is 1.07 bits per heavy atom. The van der Waals surface area contributed by atoms with Crippen molar-refractivity contribution < 1.29 is 28.2 Å². The van der Waals surface area contributed by atoms with Gasteiger partial charge in [0.05, 0.1) is 19.2 Å². The number of carbonyl (C=O) groups excluding carboxylic acids is 2. The fourth-order valence-corrected chi connectivity index (χ4v) is 2.40. The van der Waals surface area contributed by atoms with Crippen LogP contribution in [0.4, 0.5) is 4.39 Å². The third kappa shape index (κ3) is 5.24. The van der Waals surface area contributed by atoms with Crippen LogP contribution in [0.2, 0.25) is 5.02 Å². The minimum absolute atomic E-state index is 0.157. The maximum absolute atomic E-state index is 12.9. The number of hydrogen-bond donors (Lipinski definition) is 2. The van der Waals surface area contributed by atoms with E-state index in [1.165, 1.54) is 57.5 Å². The Morgan fingerprint density at radius 2 is 1.74 bits per heavy atom. The summed E-state index contributed by atoms with van der Waals surface area (Å²) in [6.07, 6.45) is -0.926. The molecule has 27 heavy (non-hydrogen) atoms. The second kappa shape index (κ2) is 9.09. The number of halogens is 2. The SMILES string of the molecule is COc1cc(C(=O)NNC(=O)[C@H](C)Oc2ccc(F)cc2)cc(Cl)c1OC. The van der Waals surface area contributed by atoms with Gasteiger partial charge in [-0.05, 0) is 43.3 Å². The molecular weight excluding hydrogens is 379 g/mol. The molecule has 0 saturated carbocycles. The Kier molecular flexibility index (Phi) is 6.84. The summed E-state index contributed by atoms with van der Waals surface area (Å²) in [6, 6.07) is 8.01. The van der Waals surface area contributed by atoms with Crippen molar-refractivity contribution in [2.24, 2.45) is 0 Å². The molecule has 2 rings (SSSR count). The first-order valence-corrected chi connectivity index (χ1v) is 8.17. The molecule has 144 valence electrons. The van der Waals surface area contributed by atoms with E-state index in [-0.39, 0.29) is 16.3 Å². The lowest BCUT2D eigenvalue weighted by molar-refractivity contribution is -0.128. The van der Waals surface area contributed by atoms with Gasteiger partial charge in [-0.25, -0.2) is 4.39 Å². The predicted octanol–water partition coefficient (Wildman–Crippen LogP) is 2.72. The largest absolute Gasteiger partial charge is 0.493 e. The summed E-state index contributed by atoms with van der Waals surface area (Å²) >= 11 is 6.05. The van der Waals surface area contributed by atoms with Crippen molar-refractivity contribution in [3.05, 3.63) is 52.8 Å². The number of ether oxygens (including phenoxy) is 3. The zero-order chi connectivity index (χ0) is 20.0. The highest BCUT2D eigenvalue weighted by molar-refractivity contribution is 6.32. The number of amides is 2. The molecule has 0 spiro atoms. The lowest BCUT2D eigenvalue weighted by Gasteiger charge is -2.16. The second-order valence-corrected chi connectivity index (χ2v) is 5.76. The maximum atomic E-state index is 12.9. The number of hydrazine groups is 1. The average molecular weight is 397 g/mol. The molecule has 2 amide bonds. The molecule has 0 unspecified atom stereocenters. The molecule has 0 saturated heterocycles. The molecule has 0 aliphatic rings. The fourth-order valence-electron chi connectivity index (χ4n) is 2.11. The number of hydrogen-bond acceptors (Lipinski definition) is 5. The molecule has 2 aromatic carbocycles. The normalized spacial score (nSPS) is 11.3. The van der Waals surface area contributed by atoms with Gasteiger partial charge >= 0.3 is 0 Å². The monoisotopic (exact) mass is 396 g/mol. The summed E-state index contributed by atoms with van der Waals surface area (Å²) in [4.78, 5) is 24.3. The quantitative estimate of drug-likeness (QED) is 0.733. The Labute approximate surface area is 160 Å². The van der Waals surface area contributed by atoms with Gasteiger partial charge in [0.2, 0.25) is 0 Å². The highest BCUT2D eigenvalue weighted by Crippen LogP contribution is 2.35. The fraction of sp³-hybridized carbons (Fsp3) is 0.222. The van der Waals surface area contributed by atoms with E-state index in [1.807, 2.05) is 0 Å². The van der Waals surface area contributed by atoms with Gasteiger partial charge in [0, 0.05) is 5.56 Å². The number of benzene rings is 2. The van der Waals surface area contributed by atoms with Gasteiger partial charge in [0.15, 0.2) is 17.6 Å². The van der Waals surface area contributed by atoms with Crippen molar-refractivity contribution in [2.75, 3.05) is 14.2 Å². The highest BCUT2D eigenvalue weighted by Gasteiger charge is 2.18. The Balaban J connectivity index is 1.97. The first-order valence-electron chi connectivity index (χ1n) is 7.79. The maximum Gasteiger partial charge on any atom is 0.279 e. The molecule has 0 heterocycles. The van der Waals surface area contributed by atoms with E-state index in [2.05, 4.69) is 10.9 Å². The summed E-state index contributed by atoms with van der Waals surface area (Å²) in [7, 11) is 2.83. The molecule has 0 bridgehead atoms. The number of carbonyl (C=O) groups is 2. The van der Waals surface area contributed by atoms with Gasteiger partial charge in [0.25, 0.3) is 11.8 Å². The van der Waals surface area contributed by atoms with Crippen LogP contribution in [0.15, 0.2) is 36.4 Å². The minimum Gasteiger partial charge on any atom is -0.493 e. The van der Waals surface area contributed by atoms with E-state index < -0.39 is 23.7 Å². The zero-order valence-electron chi connectivity index (χ0n) is 14.8. The zero-order valence-corrected chi connectivity index (χ0v) is 15.6. The third-order valence-corrected chi connectivity index (χ3v) is 3.77. The molecule has 7 nitrogen and oxygen atoms in total. The van der Waals surface area contributed by atoms with Gasteiger partial charge < -0.3 is 14.2 Å². The lowest BCUT2D eigenvalue weighted by atomic mass is 10.2. The molecule has 2 N–H and O–H groups in total. The average Bonchev–Trinajstić information content (AvgIpc) is 2.66. The van der Waals surface area contributed by atoms with Crippen LogP contribution in [0.25, 0.3) is 0 Å². The third-order valence-electron chi connectivity index (χ3n) is 3.49. The topological polar surface area (TPSA) is 85.9 Å². The van der Waals surface area contributed by atoms with Crippen LogP contribution in [0.5, 0.6) is 17.2 Å². The Morgan fingerprint density at radius 3 is 2.33 bits per heavy atom. The molecule has 1 atom stereocenters. The highest BCUT2D eigenvalue weighted by atomic mass is 35.5. The smallest absolute Gasteiger partial charge is 0.279 e. The number of methoxy groups -OCH3 is 2. The molecule has 9 heteroatoms. The molecule has 0 aromatic heterocycles. The molecule has 0 radical (unpaired) electrons. The van der Waals surface area contributed by atoms with Crippen LogP contribution in [0.3, 0.4) is 0 Å². The lowest BCUT2D eigenvalue weighted by Crippen LogP contribution is -2.47. The van der Waals surface area contributed by atoms with E-state index in [0.717, 1.165) is 0 Å². The van der Waals surface area contributed by atoms with Gasteiger partial charge in [-0.15, -0.1) is 0 Å². The van der Waals surface area contributed by atoms with Gasteiger partial charge in [-0.3, -0.25) is 20.4 Å². The second-order valence-electron chi connectivity index (χ2n) is 5.35. The van der Waals surface area contributed by atoms with Gasteiger partial charge in [0.1, 0.15) is 11.6 Å². The molecular formula is C18H18ClFN2O5. The first-order chi connectivity index (χ1) is 12.8. The summed E-state index contributed by atoms with van der Waals surface area (Å²) in [5.41, 5.74) is 4.66. The predicted molar refractivity (Wildman–Crippen MR) is 96.7 cm³/mol. The van der Waals surface area contributed by atoms with Crippen LogP contribution >= 0.6 is 11.6 Å². The molecule has 0 fully saturated rings. The van der Waals surface area contributed by atoms with Crippen molar-refractivity contribution in [3.8, 4) is 17.2 Å². The first kappa shape index (κ1) is 20.3. The van der Waals surface area contributed by atoms with Crippen molar-refractivity contribution in [2.45, 2.75) is 13.0 Å². The van der Waals surface area contributed by atoms with E-state index in [1.54, 1.807) is 0 Å². The summed E-state index contributed by atoms with van der Waals surface area (Å²) in [5.74, 6) is -0.743. The van der Waals surface area contributed by atoms with Crippen LogP contribution in [-0.2, 0) is 4.79 Å². The van der Waals surface area contributed by atoms with Crippen molar-refractivity contribution in [1.82, 2.24) is 10.9 Å². The Bertz CT molecular complexity index is 829. The van der Waals surface area contributed by atoms with Crippen molar-refractivity contribution >= 4 is 23.4 Å². The van der Waals surface area contributed by atoms with Crippen molar-refractivity contribution in [1.29, 1.82) is 0 Å². The number of rotatable bonds is 6. The van der Waals surface area contributed by atoms with E-state index >= 15 is 0 Å². The molecule has 0 aliphatic carbocycles. The summed E-state index contributed by atoms with van der Waals surface area (Å²) in [5, 5.41) is 0.182. The van der Waals surface area contributed by atoms with Crippen LogP contribution in [0, 0.1) is 5.82 Å². The standard InChI is InChI=1S/C18H18ClFN2O5/c1-10(27-13-6-4-12(20)5-7-13)17(23)21-22-18(24)11-8-14(19)16(26-3)15(9-11)25-2/h4-10H,1-3H3,(H,21,23)(H,22,24)/t10-/m0/s1. The summed E-state index contributed by atoms with van der Waals surface area (Å²) in [6.45, 7) is 1.48. The number of nitrogens with one attached hydrogen (secondary N) is 2. The van der Waals surface area contributed by atoms with Gasteiger partial charge in [-0.2, -0.15) is 0 Å².